The van der Waals surface area contributed by atoms with E-state index in [0.717, 1.165) is 5.56 Å². The van der Waals surface area contributed by atoms with Crippen LogP contribution in [0.4, 0.5) is 0 Å². The summed E-state index contributed by atoms with van der Waals surface area (Å²) in [6, 6.07) is 1.87. The molecule has 0 aliphatic heterocycles. The molecule has 1 N–H and O–H groups in total. The first-order valence-electron chi connectivity index (χ1n) is 3.80. The van der Waals surface area contributed by atoms with Gasteiger partial charge in [0.05, 0.1) is 6.61 Å². The van der Waals surface area contributed by atoms with Crippen LogP contribution in [0.5, 0.6) is 0 Å². The number of hydrogen-bond donors (Lipinski definition) is 1. The van der Waals surface area contributed by atoms with E-state index < -0.39 is 0 Å². The highest BCUT2D eigenvalue weighted by atomic mass is 16.5. The van der Waals surface area contributed by atoms with Crippen LogP contribution in [0.15, 0.2) is 24.5 Å². The second kappa shape index (κ2) is 4.38. The second-order valence-electron chi connectivity index (χ2n) is 2.23. The monoisotopic (exact) mass is 165 g/mol. The largest absolute Gasteiger partial charge is 0.463 e. The normalized spacial score (nSPS) is 10.4. The van der Waals surface area contributed by atoms with Gasteiger partial charge in [-0.05, 0) is 24.6 Å². The lowest BCUT2D eigenvalue weighted by Gasteiger charge is -1.93. The lowest BCUT2D eigenvalue weighted by atomic mass is 10.3. The molecule has 0 aliphatic carbocycles. The molecule has 12 heavy (non-hydrogen) atoms. The zero-order chi connectivity index (χ0) is 8.81. The van der Waals surface area contributed by atoms with E-state index in [0.29, 0.717) is 6.61 Å². The number of hydrogen-bond acceptors (Lipinski definition) is 2. The number of carbonyl (C=O) groups is 1. The van der Waals surface area contributed by atoms with E-state index in [1.807, 2.05) is 6.07 Å². The standard InChI is InChI=1S/C9H11NO2/c1-2-12-9(11)4-3-8-5-6-10-7-8/h3-7,10H,2H2,1H3. The summed E-state index contributed by atoms with van der Waals surface area (Å²) >= 11 is 0. The Kier molecular flexibility index (Phi) is 3.14. The van der Waals surface area contributed by atoms with E-state index in [-0.39, 0.29) is 5.97 Å². The average molecular weight is 165 g/mol. The van der Waals surface area contributed by atoms with Gasteiger partial charge in [-0.25, -0.2) is 4.79 Å². The molecule has 0 saturated heterocycles. The van der Waals surface area contributed by atoms with Gasteiger partial charge in [-0.3, -0.25) is 0 Å². The van der Waals surface area contributed by atoms with Crippen molar-refractivity contribution in [2.75, 3.05) is 6.61 Å². The van der Waals surface area contributed by atoms with Crippen molar-refractivity contribution in [3.8, 4) is 0 Å². The molecular weight excluding hydrogens is 154 g/mol. The number of aromatic amines is 1. The van der Waals surface area contributed by atoms with Crippen LogP contribution >= 0.6 is 0 Å². The first-order valence-corrected chi connectivity index (χ1v) is 3.80. The maximum absolute atomic E-state index is 10.8. The molecule has 1 rings (SSSR count). The van der Waals surface area contributed by atoms with Gasteiger partial charge in [-0.1, -0.05) is 0 Å². The van der Waals surface area contributed by atoms with Gasteiger partial charge in [-0.15, -0.1) is 0 Å². The van der Waals surface area contributed by atoms with E-state index >= 15 is 0 Å². The molecule has 3 heteroatoms. The summed E-state index contributed by atoms with van der Waals surface area (Å²) in [5, 5.41) is 0. The third-order valence-corrected chi connectivity index (χ3v) is 1.32. The average Bonchev–Trinajstić information content (AvgIpc) is 2.53. The van der Waals surface area contributed by atoms with Crippen LogP contribution in [-0.4, -0.2) is 17.6 Å². The number of nitrogens with one attached hydrogen (secondary N) is 1. The van der Waals surface area contributed by atoms with Crippen molar-refractivity contribution in [3.05, 3.63) is 30.1 Å². The van der Waals surface area contributed by atoms with Crippen molar-refractivity contribution in [1.29, 1.82) is 0 Å². The van der Waals surface area contributed by atoms with E-state index in [9.17, 15) is 4.79 Å². The van der Waals surface area contributed by atoms with Crippen molar-refractivity contribution < 1.29 is 9.53 Å². The van der Waals surface area contributed by atoms with Gasteiger partial charge in [0, 0.05) is 18.5 Å². The topological polar surface area (TPSA) is 42.1 Å². The number of aromatic nitrogens is 1. The fourth-order valence-corrected chi connectivity index (χ4v) is 0.795. The van der Waals surface area contributed by atoms with Crippen LogP contribution in [0.25, 0.3) is 6.08 Å². The second-order valence-corrected chi connectivity index (χ2v) is 2.23. The zero-order valence-electron chi connectivity index (χ0n) is 6.91. The Morgan fingerprint density at radius 1 is 1.75 bits per heavy atom. The summed E-state index contributed by atoms with van der Waals surface area (Å²) in [4.78, 5) is 13.7. The van der Waals surface area contributed by atoms with Crippen LogP contribution < -0.4 is 0 Å². The molecule has 0 atom stereocenters. The Morgan fingerprint density at radius 2 is 2.58 bits per heavy atom. The van der Waals surface area contributed by atoms with Crippen LogP contribution in [0, 0.1) is 0 Å². The van der Waals surface area contributed by atoms with Gasteiger partial charge in [0.25, 0.3) is 0 Å². The summed E-state index contributed by atoms with van der Waals surface area (Å²) in [5.41, 5.74) is 0.961. The molecule has 0 aliphatic rings. The Hall–Kier alpha value is -1.51. The first kappa shape index (κ1) is 8.59. The quantitative estimate of drug-likeness (QED) is 0.546. The summed E-state index contributed by atoms with van der Waals surface area (Å²) in [5.74, 6) is -0.307. The minimum Gasteiger partial charge on any atom is -0.463 e. The number of carbonyl (C=O) groups excluding carboxylic acids is 1. The van der Waals surface area contributed by atoms with E-state index in [1.165, 1.54) is 6.08 Å². The third kappa shape index (κ3) is 2.62. The van der Waals surface area contributed by atoms with Gasteiger partial charge in [0.1, 0.15) is 0 Å². The zero-order valence-corrected chi connectivity index (χ0v) is 6.91. The van der Waals surface area contributed by atoms with E-state index in [1.54, 1.807) is 25.4 Å². The minimum atomic E-state index is -0.307. The molecule has 0 spiro atoms. The van der Waals surface area contributed by atoms with Crippen molar-refractivity contribution in [3.63, 3.8) is 0 Å². The van der Waals surface area contributed by atoms with Crippen LogP contribution in [0.3, 0.4) is 0 Å². The Morgan fingerprint density at radius 3 is 3.17 bits per heavy atom. The molecule has 0 bridgehead atoms. The van der Waals surface area contributed by atoms with E-state index in [4.69, 9.17) is 4.74 Å². The van der Waals surface area contributed by atoms with Gasteiger partial charge in [0.2, 0.25) is 0 Å². The maximum atomic E-state index is 10.8. The van der Waals surface area contributed by atoms with Crippen molar-refractivity contribution in [2.45, 2.75) is 6.92 Å². The summed E-state index contributed by atoms with van der Waals surface area (Å²) in [7, 11) is 0. The molecule has 0 saturated carbocycles. The minimum absolute atomic E-state index is 0.307. The van der Waals surface area contributed by atoms with Gasteiger partial charge >= 0.3 is 5.97 Å². The predicted molar refractivity (Wildman–Crippen MR) is 46.5 cm³/mol. The molecule has 0 radical (unpaired) electrons. The molecule has 1 heterocycles. The molecular formula is C9H11NO2. The fraction of sp³-hybridized carbons (Fsp3) is 0.222. The van der Waals surface area contributed by atoms with Crippen LogP contribution in [-0.2, 0) is 9.53 Å². The number of esters is 1. The Bertz CT molecular complexity index is 262. The molecule has 0 aromatic carbocycles. The smallest absolute Gasteiger partial charge is 0.330 e. The van der Waals surface area contributed by atoms with E-state index in [2.05, 4.69) is 4.98 Å². The van der Waals surface area contributed by atoms with Crippen molar-refractivity contribution in [1.82, 2.24) is 4.98 Å². The highest BCUT2D eigenvalue weighted by Gasteiger charge is 1.92. The highest BCUT2D eigenvalue weighted by molar-refractivity contribution is 5.86. The molecule has 3 nitrogen and oxygen atoms in total. The lowest BCUT2D eigenvalue weighted by molar-refractivity contribution is -0.137. The maximum Gasteiger partial charge on any atom is 0.330 e. The number of H-pyrrole nitrogens is 1. The molecule has 0 fully saturated rings. The molecule has 64 valence electrons. The van der Waals surface area contributed by atoms with Gasteiger partial charge in [0.15, 0.2) is 0 Å². The molecule has 0 unspecified atom stereocenters. The highest BCUT2D eigenvalue weighted by Crippen LogP contribution is 1.99. The van der Waals surface area contributed by atoms with Crippen LogP contribution in [0.1, 0.15) is 12.5 Å². The molecule has 1 aromatic rings. The Balaban J connectivity index is 2.45. The molecule has 0 amide bonds. The van der Waals surface area contributed by atoms with Gasteiger partial charge in [-0.2, -0.15) is 0 Å². The fourth-order valence-electron chi connectivity index (χ4n) is 0.795. The summed E-state index contributed by atoms with van der Waals surface area (Å²) in [6.07, 6.45) is 6.71. The summed E-state index contributed by atoms with van der Waals surface area (Å²) < 4.78 is 4.70. The van der Waals surface area contributed by atoms with Crippen molar-refractivity contribution in [2.24, 2.45) is 0 Å². The Labute approximate surface area is 71.1 Å². The third-order valence-electron chi connectivity index (χ3n) is 1.32. The predicted octanol–water partition coefficient (Wildman–Crippen LogP) is 1.59. The first-order chi connectivity index (χ1) is 5.83. The van der Waals surface area contributed by atoms with Crippen LogP contribution in [0.2, 0.25) is 0 Å². The summed E-state index contributed by atoms with van der Waals surface area (Å²) in [6.45, 7) is 2.19. The van der Waals surface area contributed by atoms with Crippen molar-refractivity contribution >= 4 is 12.0 Å². The van der Waals surface area contributed by atoms with Gasteiger partial charge < -0.3 is 9.72 Å². The SMILES string of the molecule is CCOC(=O)C=Cc1cc[nH]c1. The lowest BCUT2D eigenvalue weighted by Crippen LogP contribution is -1.98. The molecule has 1 aromatic heterocycles. The number of ether oxygens (including phenoxy) is 1. The number of rotatable bonds is 3.